The minimum atomic E-state index is -0.101. The van der Waals surface area contributed by atoms with Gasteiger partial charge in [0.05, 0.1) is 16.9 Å². The molecule has 11 rings (SSSR count). The number of hydrogen-bond donors (Lipinski definition) is 0. The van der Waals surface area contributed by atoms with E-state index >= 15 is 0 Å². The average Bonchev–Trinajstić information content (AvgIpc) is 3.62. The minimum Gasteiger partial charge on any atom is -0.256 e. The zero-order valence-electron chi connectivity index (χ0n) is 32.1. The summed E-state index contributed by atoms with van der Waals surface area (Å²) in [5.41, 5.74) is 20.6. The van der Waals surface area contributed by atoms with E-state index in [1.54, 1.807) is 0 Å². The van der Waals surface area contributed by atoms with Crippen LogP contribution >= 0.6 is 0 Å². The quantitative estimate of drug-likeness (QED) is 0.170. The van der Waals surface area contributed by atoms with Crippen LogP contribution in [0.3, 0.4) is 0 Å². The number of benzene rings is 7. The minimum absolute atomic E-state index is 0.0860. The molecule has 2 heterocycles. The summed E-state index contributed by atoms with van der Waals surface area (Å²) in [6, 6.07) is 60.3. The molecule has 0 spiro atoms. The van der Waals surface area contributed by atoms with Gasteiger partial charge in [0.25, 0.3) is 0 Å². The molecule has 2 aliphatic rings. The van der Waals surface area contributed by atoms with Crippen LogP contribution in [-0.4, -0.2) is 9.97 Å². The van der Waals surface area contributed by atoms with Crippen LogP contribution in [0, 0.1) is 0 Å². The van der Waals surface area contributed by atoms with Crippen molar-refractivity contribution in [1.82, 2.24) is 9.97 Å². The molecule has 0 N–H and O–H groups in total. The molecule has 0 aliphatic heterocycles. The molecule has 2 aliphatic carbocycles. The van der Waals surface area contributed by atoms with Crippen LogP contribution in [0.5, 0.6) is 0 Å². The lowest BCUT2D eigenvalue weighted by atomic mass is 9.81. The molecule has 0 radical (unpaired) electrons. The smallest absolute Gasteiger partial charge is 0.0794 e. The van der Waals surface area contributed by atoms with Crippen molar-refractivity contribution in [1.29, 1.82) is 0 Å². The van der Waals surface area contributed by atoms with Crippen molar-refractivity contribution in [2.75, 3.05) is 0 Å². The van der Waals surface area contributed by atoms with E-state index in [1.807, 2.05) is 18.3 Å². The number of nitrogens with zero attached hydrogens (tertiary/aromatic N) is 2. The zero-order valence-corrected chi connectivity index (χ0v) is 32.1. The van der Waals surface area contributed by atoms with Gasteiger partial charge < -0.3 is 0 Å². The molecule has 266 valence electrons. The third-order valence-corrected chi connectivity index (χ3v) is 12.7. The molecule has 2 nitrogen and oxygen atoms in total. The summed E-state index contributed by atoms with van der Waals surface area (Å²) in [5, 5.41) is 3.51. The van der Waals surface area contributed by atoms with Crippen LogP contribution in [-0.2, 0) is 10.8 Å². The van der Waals surface area contributed by atoms with Gasteiger partial charge in [0.2, 0.25) is 0 Å². The van der Waals surface area contributed by atoms with Crippen LogP contribution in [0.1, 0.15) is 49.9 Å². The van der Waals surface area contributed by atoms with E-state index in [9.17, 15) is 0 Å². The lowest BCUT2D eigenvalue weighted by Crippen LogP contribution is -2.15. The Hall–Kier alpha value is -6.64. The molecule has 0 fully saturated rings. The van der Waals surface area contributed by atoms with Gasteiger partial charge in [-0.25, -0.2) is 4.98 Å². The van der Waals surface area contributed by atoms with Crippen molar-refractivity contribution in [3.63, 3.8) is 0 Å². The summed E-state index contributed by atoms with van der Waals surface area (Å²) in [4.78, 5) is 10.2. The second-order valence-electron chi connectivity index (χ2n) is 16.6. The Labute approximate surface area is 328 Å². The largest absolute Gasteiger partial charge is 0.256 e. The first-order chi connectivity index (χ1) is 27.3. The topological polar surface area (TPSA) is 25.8 Å². The first kappa shape index (κ1) is 32.8. The summed E-state index contributed by atoms with van der Waals surface area (Å²) < 4.78 is 0. The van der Waals surface area contributed by atoms with Crippen molar-refractivity contribution in [3.05, 3.63) is 192 Å². The Morgan fingerprint density at radius 2 is 0.857 bits per heavy atom. The molecule has 9 aromatic rings. The molecule has 0 atom stereocenters. The molecule has 0 unspecified atom stereocenters. The fraction of sp³-hybridized carbons (Fsp3) is 0.111. The molecule has 7 aromatic carbocycles. The fourth-order valence-corrected chi connectivity index (χ4v) is 9.77. The van der Waals surface area contributed by atoms with E-state index in [0.29, 0.717) is 0 Å². The van der Waals surface area contributed by atoms with E-state index in [2.05, 4.69) is 184 Å². The third kappa shape index (κ3) is 4.75. The Balaban J connectivity index is 1.15. The van der Waals surface area contributed by atoms with Gasteiger partial charge in [0, 0.05) is 38.9 Å². The van der Waals surface area contributed by atoms with E-state index in [4.69, 9.17) is 4.98 Å². The van der Waals surface area contributed by atoms with Crippen LogP contribution < -0.4 is 0 Å². The van der Waals surface area contributed by atoms with E-state index in [0.717, 1.165) is 44.4 Å². The Morgan fingerprint density at radius 1 is 0.339 bits per heavy atom. The number of aromatic nitrogens is 2. The highest BCUT2D eigenvalue weighted by Gasteiger charge is 2.36. The third-order valence-electron chi connectivity index (χ3n) is 12.7. The summed E-state index contributed by atoms with van der Waals surface area (Å²) in [6.07, 6.45) is 1.85. The van der Waals surface area contributed by atoms with Crippen LogP contribution in [0.4, 0.5) is 0 Å². The maximum absolute atomic E-state index is 5.58. The van der Waals surface area contributed by atoms with Gasteiger partial charge in [-0.1, -0.05) is 155 Å². The van der Waals surface area contributed by atoms with Crippen LogP contribution in [0.2, 0.25) is 0 Å². The van der Waals surface area contributed by atoms with Gasteiger partial charge in [-0.05, 0) is 109 Å². The number of pyridine rings is 2. The molecule has 0 saturated carbocycles. The van der Waals surface area contributed by atoms with Crippen molar-refractivity contribution in [3.8, 4) is 67.0 Å². The van der Waals surface area contributed by atoms with E-state index in [1.165, 1.54) is 66.6 Å². The van der Waals surface area contributed by atoms with E-state index in [-0.39, 0.29) is 10.8 Å². The SMILES string of the molecule is CC1(C)c2ccccc2-c2ccc(-c3cc(-c4ccc(-c5ccccn5)cc4)c4cc(-c5ccc6c(c5)C(C)(C)c5ccccc5-6)c5ccccc5c4n3)cc21. The first-order valence-electron chi connectivity index (χ1n) is 19.7. The summed E-state index contributed by atoms with van der Waals surface area (Å²) in [7, 11) is 0. The molecule has 0 bridgehead atoms. The van der Waals surface area contributed by atoms with Crippen LogP contribution in [0.25, 0.3) is 88.7 Å². The normalized spacial score (nSPS) is 14.4. The molecule has 0 amide bonds. The predicted octanol–water partition coefficient (Wildman–Crippen LogP) is 14.1. The van der Waals surface area contributed by atoms with Crippen molar-refractivity contribution < 1.29 is 0 Å². The van der Waals surface area contributed by atoms with Gasteiger partial charge >= 0.3 is 0 Å². The van der Waals surface area contributed by atoms with E-state index < -0.39 is 0 Å². The van der Waals surface area contributed by atoms with Crippen molar-refractivity contribution >= 4 is 21.7 Å². The molecule has 2 aromatic heterocycles. The second kappa shape index (κ2) is 11.9. The van der Waals surface area contributed by atoms with Crippen molar-refractivity contribution in [2.45, 2.75) is 38.5 Å². The first-order valence-corrected chi connectivity index (χ1v) is 19.7. The maximum atomic E-state index is 5.58. The maximum Gasteiger partial charge on any atom is 0.0794 e. The van der Waals surface area contributed by atoms with Crippen molar-refractivity contribution in [2.24, 2.45) is 0 Å². The second-order valence-corrected chi connectivity index (χ2v) is 16.6. The lowest BCUT2D eigenvalue weighted by Gasteiger charge is -2.22. The Morgan fingerprint density at radius 3 is 1.52 bits per heavy atom. The predicted molar refractivity (Wildman–Crippen MR) is 234 cm³/mol. The highest BCUT2D eigenvalue weighted by atomic mass is 14.7. The number of fused-ring (bicyclic) bond motifs is 9. The highest BCUT2D eigenvalue weighted by molar-refractivity contribution is 6.16. The molecule has 56 heavy (non-hydrogen) atoms. The summed E-state index contributed by atoms with van der Waals surface area (Å²) >= 11 is 0. The number of hydrogen-bond acceptors (Lipinski definition) is 2. The van der Waals surface area contributed by atoms with Gasteiger partial charge in [-0.15, -0.1) is 0 Å². The van der Waals surface area contributed by atoms with Gasteiger partial charge in [0.15, 0.2) is 0 Å². The van der Waals surface area contributed by atoms with Gasteiger partial charge in [0.1, 0.15) is 0 Å². The molecule has 2 heteroatoms. The summed E-state index contributed by atoms with van der Waals surface area (Å²) in [5.74, 6) is 0. The average molecular weight is 717 g/mol. The lowest BCUT2D eigenvalue weighted by molar-refractivity contribution is 0.660. The summed E-state index contributed by atoms with van der Waals surface area (Å²) in [6.45, 7) is 9.41. The highest BCUT2D eigenvalue weighted by Crippen LogP contribution is 2.52. The van der Waals surface area contributed by atoms with Gasteiger partial charge in [-0.2, -0.15) is 0 Å². The monoisotopic (exact) mass is 716 g/mol. The molecule has 0 saturated heterocycles. The van der Waals surface area contributed by atoms with Gasteiger partial charge in [-0.3, -0.25) is 4.98 Å². The number of rotatable bonds is 4. The molecular weight excluding hydrogens is 677 g/mol. The molecular formula is C54H40N2. The fourth-order valence-electron chi connectivity index (χ4n) is 9.77. The zero-order chi connectivity index (χ0) is 37.8. The Kier molecular flexibility index (Phi) is 6.98. The Bertz CT molecular complexity index is 3060. The van der Waals surface area contributed by atoms with Crippen LogP contribution in [0.15, 0.2) is 170 Å². The standard InChI is InChI=1S/C54H40N2/c1-53(2)46-17-9-7-14-38(46)40-26-24-35(29-48(40)53)43-31-45-44(33-20-22-34(23-21-33)50-19-11-12-28-55-50)32-51(56-52(45)42-16-6-5-13-37(42)43)36-25-27-41-39-15-8-10-18-47(39)54(3,4)49(41)30-36/h5-32H,1-4H3.